The zero-order chi connectivity index (χ0) is 12.0. The Morgan fingerprint density at radius 3 is 2.31 bits per heavy atom. The SMILES string of the molecule is CCCC(CNC(C)C)c1ccc(Br)cc1. The van der Waals surface area contributed by atoms with Gasteiger partial charge in [-0.3, -0.25) is 0 Å². The smallest absolute Gasteiger partial charge is 0.0175 e. The quantitative estimate of drug-likeness (QED) is 0.819. The molecule has 90 valence electrons. The summed E-state index contributed by atoms with van der Waals surface area (Å²) in [7, 11) is 0. The van der Waals surface area contributed by atoms with Crippen molar-refractivity contribution in [2.75, 3.05) is 6.54 Å². The van der Waals surface area contributed by atoms with Gasteiger partial charge in [0.25, 0.3) is 0 Å². The molecule has 0 bridgehead atoms. The van der Waals surface area contributed by atoms with Crippen molar-refractivity contribution in [1.82, 2.24) is 5.32 Å². The van der Waals surface area contributed by atoms with Gasteiger partial charge in [-0.05, 0) is 30.0 Å². The number of benzene rings is 1. The summed E-state index contributed by atoms with van der Waals surface area (Å²) in [6, 6.07) is 9.29. The third-order valence-electron chi connectivity index (χ3n) is 2.75. The van der Waals surface area contributed by atoms with Crippen molar-refractivity contribution in [3.8, 4) is 0 Å². The van der Waals surface area contributed by atoms with Gasteiger partial charge in [0, 0.05) is 17.1 Å². The highest BCUT2D eigenvalue weighted by molar-refractivity contribution is 9.10. The van der Waals surface area contributed by atoms with Crippen molar-refractivity contribution >= 4 is 15.9 Å². The Balaban J connectivity index is 2.64. The van der Waals surface area contributed by atoms with Crippen LogP contribution in [0.1, 0.15) is 45.1 Å². The summed E-state index contributed by atoms with van der Waals surface area (Å²) in [5, 5.41) is 3.53. The molecule has 0 aliphatic carbocycles. The molecule has 0 saturated carbocycles. The number of nitrogens with one attached hydrogen (secondary N) is 1. The second kappa shape index (κ2) is 7.08. The first kappa shape index (κ1) is 13.7. The summed E-state index contributed by atoms with van der Waals surface area (Å²) in [4.78, 5) is 0. The summed E-state index contributed by atoms with van der Waals surface area (Å²) in [5.41, 5.74) is 1.44. The van der Waals surface area contributed by atoms with E-state index in [1.807, 2.05) is 0 Å². The third kappa shape index (κ3) is 4.67. The highest BCUT2D eigenvalue weighted by Gasteiger charge is 2.10. The topological polar surface area (TPSA) is 12.0 Å². The summed E-state index contributed by atoms with van der Waals surface area (Å²) in [6.07, 6.45) is 2.49. The molecule has 16 heavy (non-hydrogen) atoms. The van der Waals surface area contributed by atoms with Crippen LogP contribution >= 0.6 is 15.9 Å². The Labute approximate surface area is 108 Å². The maximum Gasteiger partial charge on any atom is 0.0175 e. The zero-order valence-corrected chi connectivity index (χ0v) is 12.0. The largest absolute Gasteiger partial charge is 0.314 e. The van der Waals surface area contributed by atoms with Crippen molar-refractivity contribution in [3.63, 3.8) is 0 Å². The molecule has 0 radical (unpaired) electrons. The standard InChI is InChI=1S/C14H22BrN/c1-4-5-13(10-16-11(2)3)12-6-8-14(15)9-7-12/h6-9,11,13,16H,4-5,10H2,1-3H3. The van der Waals surface area contributed by atoms with Crippen LogP contribution in [0, 0.1) is 0 Å². The van der Waals surface area contributed by atoms with Gasteiger partial charge in [0.05, 0.1) is 0 Å². The summed E-state index contributed by atoms with van der Waals surface area (Å²) in [6.45, 7) is 7.73. The first-order valence-corrected chi connectivity index (χ1v) is 6.91. The van der Waals surface area contributed by atoms with E-state index < -0.39 is 0 Å². The number of rotatable bonds is 6. The van der Waals surface area contributed by atoms with E-state index in [1.165, 1.54) is 18.4 Å². The van der Waals surface area contributed by atoms with Gasteiger partial charge in [0.1, 0.15) is 0 Å². The zero-order valence-electron chi connectivity index (χ0n) is 10.5. The van der Waals surface area contributed by atoms with Gasteiger partial charge < -0.3 is 5.32 Å². The van der Waals surface area contributed by atoms with E-state index in [0.29, 0.717) is 12.0 Å². The molecule has 0 spiro atoms. The fraction of sp³-hybridized carbons (Fsp3) is 0.571. The summed E-state index contributed by atoms with van der Waals surface area (Å²) < 4.78 is 1.16. The molecule has 0 heterocycles. The number of halogens is 1. The molecule has 1 atom stereocenters. The lowest BCUT2D eigenvalue weighted by Gasteiger charge is -2.19. The molecule has 1 nitrogen and oxygen atoms in total. The van der Waals surface area contributed by atoms with E-state index in [2.05, 4.69) is 66.3 Å². The van der Waals surface area contributed by atoms with Crippen molar-refractivity contribution in [2.45, 2.75) is 45.6 Å². The van der Waals surface area contributed by atoms with E-state index in [1.54, 1.807) is 0 Å². The van der Waals surface area contributed by atoms with Crippen LogP contribution in [0.2, 0.25) is 0 Å². The average Bonchev–Trinajstić information content (AvgIpc) is 2.25. The minimum Gasteiger partial charge on any atom is -0.314 e. The van der Waals surface area contributed by atoms with Gasteiger partial charge in [-0.25, -0.2) is 0 Å². The van der Waals surface area contributed by atoms with Crippen LogP contribution in [0.15, 0.2) is 28.7 Å². The van der Waals surface area contributed by atoms with Crippen molar-refractivity contribution in [2.24, 2.45) is 0 Å². The lowest BCUT2D eigenvalue weighted by atomic mass is 9.94. The molecule has 1 aromatic carbocycles. The second-order valence-corrected chi connectivity index (χ2v) is 5.52. The highest BCUT2D eigenvalue weighted by Crippen LogP contribution is 2.22. The second-order valence-electron chi connectivity index (χ2n) is 4.60. The monoisotopic (exact) mass is 283 g/mol. The van der Waals surface area contributed by atoms with Crippen molar-refractivity contribution in [3.05, 3.63) is 34.3 Å². The Morgan fingerprint density at radius 2 is 1.81 bits per heavy atom. The molecule has 0 amide bonds. The fourth-order valence-corrected chi connectivity index (χ4v) is 2.11. The molecule has 1 unspecified atom stereocenters. The number of hydrogen-bond donors (Lipinski definition) is 1. The third-order valence-corrected chi connectivity index (χ3v) is 3.28. The van der Waals surface area contributed by atoms with Crippen LogP contribution in [0.5, 0.6) is 0 Å². The molecule has 1 N–H and O–H groups in total. The van der Waals surface area contributed by atoms with Crippen molar-refractivity contribution < 1.29 is 0 Å². The maximum atomic E-state index is 3.53. The Morgan fingerprint density at radius 1 is 1.19 bits per heavy atom. The van der Waals surface area contributed by atoms with Gasteiger partial charge in [-0.2, -0.15) is 0 Å². The van der Waals surface area contributed by atoms with Crippen LogP contribution < -0.4 is 5.32 Å². The Bertz CT molecular complexity index is 292. The maximum absolute atomic E-state index is 3.53. The molecule has 1 rings (SSSR count). The van der Waals surface area contributed by atoms with Gasteiger partial charge >= 0.3 is 0 Å². The first-order valence-electron chi connectivity index (χ1n) is 6.12. The number of hydrogen-bond acceptors (Lipinski definition) is 1. The predicted octanol–water partition coefficient (Wildman–Crippen LogP) is 4.33. The van der Waals surface area contributed by atoms with E-state index in [9.17, 15) is 0 Å². The van der Waals surface area contributed by atoms with Gasteiger partial charge in [0.2, 0.25) is 0 Å². The minimum atomic E-state index is 0.565. The van der Waals surface area contributed by atoms with E-state index in [0.717, 1.165) is 11.0 Å². The lowest BCUT2D eigenvalue weighted by Crippen LogP contribution is -2.28. The van der Waals surface area contributed by atoms with E-state index in [4.69, 9.17) is 0 Å². The van der Waals surface area contributed by atoms with E-state index in [-0.39, 0.29) is 0 Å². The average molecular weight is 284 g/mol. The Kier molecular flexibility index (Phi) is 6.07. The molecular formula is C14H22BrN. The van der Waals surface area contributed by atoms with Crippen LogP contribution in [-0.2, 0) is 0 Å². The molecule has 2 heteroatoms. The summed E-state index contributed by atoms with van der Waals surface area (Å²) >= 11 is 3.48. The molecule has 0 aromatic heterocycles. The lowest BCUT2D eigenvalue weighted by molar-refractivity contribution is 0.504. The predicted molar refractivity (Wildman–Crippen MR) is 74.9 cm³/mol. The molecule has 1 aromatic rings. The van der Waals surface area contributed by atoms with Crippen LogP contribution in [0.4, 0.5) is 0 Å². The molecule has 0 aliphatic rings. The highest BCUT2D eigenvalue weighted by atomic mass is 79.9. The Hall–Kier alpha value is -0.340. The molecule has 0 aliphatic heterocycles. The first-order chi connectivity index (χ1) is 7.63. The molecule has 0 fully saturated rings. The van der Waals surface area contributed by atoms with E-state index >= 15 is 0 Å². The fourth-order valence-electron chi connectivity index (χ4n) is 1.85. The van der Waals surface area contributed by atoms with Crippen molar-refractivity contribution in [1.29, 1.82) is 0 Å². The van der Waals surface area contributed by atoms with Gasteiger partial charge in [-0.1, -0.05) is 55.3 Å². The molecule has 0 saturated heterocycles. The van der Waals surface area contributed by atoms with Crippen LogP contribution in [0.3, 0.4) is 0 Å². The van der Waals surface area contributed by atoms with Gasteiger partial charge in [-0.15, -0.1) is 0 Å². The van der Waals surface area contributed by atoms with Gasteiger partial charge in [0.15, 0.2) is 0 Å². The molecular weight excluding hydrogens is 262 g/mol. The normalized spacial score (nSPS) is 13.1. The van der Waals surface area contributed by atoms with Crippen LogP contribution in [-0.4, -0.2) is 12.6 Å². The van der Waals surface area contributed by atoms with Crippen LogP contribution in [0.25, 0.3) is 0 Å². The minimum absolute atomic E-state index is 0.565. The summed E-state index contributed by atoms with van der Waals surface area (Å²) in [5.74, 6) is 0.639.